The van der Waals surface area contributed by atoms with Crippen molar-refractivity contribution in [2.75, 3.05) is 6.54 Å². The monoisotopic (exact) mass is 374 g/mol. The van der Waals surface area contributed by atoms with Crippen LogP contribution in [0.3, 0.4) is 0 Å². The first-order valence-corrected chi connectivity index (χ1v) is 8.31. The number of carbonyl (C=O) groups is 2. The number of amides is 3. The smallest absolute Gasteiger partial charge is 0.418 e. The molecule has 1 aromatic rings. The fraction of sp³-hybridized carbons (Fsp3) is 0.455. The molecule has 3 amide bonds. The van der Waals surface area contributed by atoms with Crippen molar-refractivity contribution in [1.29, 1.82) is 5.41 Å². The number of carboxylic acid groups (broad SMARTS) is 1. The van der Waals surface area contributed by atoms with Gasteiger partial charge in [0.05, 0.1) is 24.5 Å². The highest BCUT2D eigenvalue weighted by atomic mass is 32.3. The number of hydroxylamine groups is 2. The van der Waals surface area contributed by atoms with Crippen LogP contribution in [0, 0.1) is 5.41 Å². The van der Waals surface area contributed by atoms with Crippen LogP contribution in [0.25, 0.3) is 0 Å². The maximum Gasteiger partial charge on any atom is 0.418 e. The molecule has 2 bridgehead atoms. The summed E-state index contributed by atoms with van der Waals surface area (Å²) in [6.07, 6.45) is -0.137. The average Bonchev–Trinajstić information content (AvgIpc) is 2.96. The van der Waals surface area contributed by atoms with Gasteiger partial charge in [-0.3, -0.25) is 20.0 Å². The predicted molar refractivity (Wildman–Crippen MR) is 78.8 cm³/mol. The third kappa shape index (κ3) is 3.01. The van der Waals surface area contributed by atoms with E-state index in [2.05, 4.69) is 9.38 Å². The minimum Gasteiger partial charge on any atom is -0.465 e. The zero-order chi connectivity index (χ0) is 18.5. The number of aryl methyl sites for hydroxylation is 1. The number of amidine groups is 1. The van der Waals surface area contributed by atoms with Crippen LogP contribution in [0.5, 0.6) is 0 Å². The lowest BCUT2D eigenvalue weighted by molar-refractivity contribution is -0.0317. The van der Waals surface area contributed by atoms with Crippen LogP contribution in [-0.4, -0.2) is 62.3 Å². The fourth-order valence-corrected chi connectivity index (χ4v) is 3.50. The van der Waals surface area contributed by atoms with E-state index in [1.54, 1.807) is 7.05 Å². The highest BCUT2D eigenvalue weighted by Gasteiger charge is 2.51. The summed E-state index contributed by atoms with van der Waals surface area (Å²) in [5.74, 6) is -0.343. The van der Waals surface area contributed by atoms with Gasteiger partial charge in [-0.2, -0.15) is 18.6 Å². The molecule has 3 heterocycles. The largest absolute Gasteiger partial charge is 0.465 e. The second kappa shape index (κ2) is 5.68. The van der Waals surface area contributed by atoms with E-state index < -0.39 is 34.6 Å². The number of rotatable bonds is 4. The Labute approximate surface area is 141 Å². The van der Waals surface area contributed by atoms with E-state index in [-0.39, 0.29) is 18.8 Å². The summed E-state index contributed by atoms with van der Waals surface area (Å²) in [6.45, 7) is 0.0397. The number of urea groups is 1. The zero-order valence-electron chi connectivity index (χ0n) is 12.8. The molecule has 1 aromatic heterocycles. The summed E-state index contributed by atoms with van der Waals surface area (Å²) in [6, 6.07) is -2.39. The van der Waals surface area contributed by atoms with Crippen molar-refractivity contribution >= 4 is 28.4 Å². The molecule has 2 unspecified atom stereocenters. The topological polar surface area (TPSA) is 178 Å². The molecule has 0 radical (unpaired) electrons. The molecule has 1 fully saturated rings. The number of fused-ring (bicyclic) bond motifs is 4. The molecule has 136 valence electrons. The first-order chi connectivity index (χ1) is 11.6. The van der Waals surface area contributed by atoms with Gasteiger partial charge in [0.1, 0.15) is 11.9 Å². The molecular formula is C11H14N6O7S. The molecule has 14 heteroatoms. The molecule has 0 aliphatic carbocycles. The third-order valence-electron chi connectivity index (χ3n) is 3.98. The lowest BCUT2D eigenvalue weighted by Gasteiger charge is -2.31. The number of nitrogens with one attached hydrogen (secondary N) is 2. The number of aromatic nitrogens is 2. The van der Waals surface area contributed by atoms with E-state index in [9.17, 15) is 18.0 Å². The van der Waals surface area contributed by atoms with Gasteiger partial charge < -0.3 is 10.0 Å². The van der Waals surface area contributed by atoms with Gasteiger partial charge in [0.25, 0.3) is 0 Å². The van der Waals surface area contributed by atoms with E-state index in [4.69, 9.17) is 15.1 Å². The third-order valence-corrected chi connectivity index (χ3v) is 4.33. The molecule has 25 heavy (non-hydrogen) atoms. The van der Waals surface area contributed by atoms with Crippen molar-refractivity contribution in [3.05, 3.63) is 17.5 Å². The van der Waals surface area contributed by atoms with Crippen molar-refractivity contribution < 1.29 is 31.9 Å². The predicted octanol–water partition coefficient (Wildman–Crippen LogP) is -0.377. The van der Waals surface area contributed by atoms with Crippen molar-refractivity contribution in [1.82, 2.24) is 25.1 Å². The van der Waals surface area contributed by atoms with Crippen molar-refractivity contribution in [3.8, 4) is 0 Å². The van der Waals surface area contributed by atoms with Gasteiger partial charge in [-0.1, -0.05) is 0 Å². The second-order valence-electron chi connectivity index (χ2n) is 5.52. The Balaban J connectivity index is 1.97. The zero-order valence-corrected chi connectivity index (χ0v) is 13.6. The number of hydrogen-bond acceptors (Lipinski definition) is 7. The van der Waals surface area contributed by atoms with Gasteiger partial charge >= 0.3 is 22.5 Å². The molecule has 1 saturated heterocycles. The summed E-state index contributed by atoms with van der Waals surface area (Å²) < 4.78 is 36.7. The first-order valence-electron chi connectivity index (χ1n) is 6.94. The van der Waals surface area contributed by atoms with Crippen LogP contribution in [-0.2, 0) is 21.7 Å². The molecule has 2 aliphatic heterocycles. The van der Waals surface area contributed by atoms with Gasteiger partial charge in [-0.05, 0) is 0 Å². The Morgan fingerprint density at radius 3 is 2.84 bits per heavy atom. The Bertz CT molecular complexity index is 864. The lowest BCUT2D eigenvalue weighted by Crippen LogP contribution is -2.39. The quantitative estimate of drug-likeness (QED) is 0.313. The molecule has 2 atom stereocenters. The summed E-state index contributed by atoms with van der Waals surface area (Å²) in [5.41, 5.74) is 1.00. The van der Waals surface area contributed by atoms with E-state index in [1.807, 2.05) is 5.32 Å². The molecular weight excluding hydrogens is 360 g/mol. The van der Waals surface area contributed by atoms with Gasteiger partial charge in [0, 0.05) is 19.0 Å². The van der Waals surface area contributed by atoms with Crippen LogP contribution in [0.15, 0.2) is 6.20 Å². The molecule has 2 aliphatic rings. The lowest BCUT2D eigenvalue weighted by atomic mass is 9.95. The molecule has 4 N–H and O–H groups in total. The number of hydrogen-bond donors (Lipinski definition) is 4. The molecule has 0 aromatic carbocycles. The van der Waals surface area contributed by atoms with E-state index >= 15 is 0 Å². The standard InChI is InChI=1S/C11H14N6O7S/c1-15-9-5(3-13-15)7-4-16(6(9)2-8(12)14-10(18)19)11(20)17(7)24-25(21,22)23/h3,6-7H,2,4H2,1H3,(H2,12,14)(H,18,19)(H,21,22,23). The minimum absolute atomic E-state index is 0.0397. The highest BCUT2D eigenvalue weighted by molar-refractivity contribution is 7.80. The van der Waals surface area contributed by atoms with Crippen LogP contribution >= 0.6 is 0 Å². The SMILES string of the molecule is Cn1ncc2c1C(CC(=N)NC(=O)O)N1CC2N(OS(=O)(=O)O)C1=O. The minimum atomic E-state index is -4.91. The first kappa shape index (κ1) is 17.1. The molecule has 0 saturated carbocycles. The Morgan fingerprint density at radius 1 is 1.56 bits per heavy atom. The Morgan fingerprint density at radius 2 is 2.24 bits per heavy atom. The van der Waals surface area contributed by atoms with E-state index in [0.29, 0.717) is 16.3 Å². The number of carbonyl (C=O) groups excluding carboxylic acids is 1. The Kier molecular flexibility index (Phi) is 3.89. The van der Waals surface area contributed by atoms with Gasteiger partial charge in [0.2, 0.25) is 0 Å². The summed E-state index contributed by atoms with van der Waals surface area (Å²) in [5, 5.41) is 22.9. The van der Waals surface area contributed by atoms with Gasteiger partial charge in [0.15, 0.2) is 0 Å². The van der Waals surface area contributed by atoms with Crippen LogP contribution < -0.4 is 5.32 Å². The van der Waals surface area contributed by atoms with Crippen LogP contribution in [0.1, 0.15) is 29.8 Å². The van der Waals surface area contributed by atoms with Crippen molar-refractivity contribution in [2.45, 2.75) is 18.5 Å². The number of nitrogens with zero attached hydrogens (tertiary/aromatic N) is 4. The molecule has 3 rings (SSSR count). The van der Waals surface area contributed by atoms with E-state index in [0.717, 1.165) is 0 Å². The fourth-order valence-electron chi connectivity index (χ4n) is 3.13. The van der Waals surface area contributed by atoms with Crippen molar-refractivity contribution in [3.63, 3.8) is 0 Å². The highest BCUT2D eigenvalue weighted by Crippen LogP contribution is 2.45. The van der Waals surface area contributed by atoms with E-state index in [1.165, 1.54) is 15.8 Å². The van der Waals surface area contributed by atoms with Gasteiger partial charge in [-0.15, -0.1) is 4.28 Å². The average molecular weight is 374 g/mol. The summed E-state index contributed by atoms with van der Waals surface area (Å²) in [7, 11) is -3.31. The second-order valence-corrected chi connectivity index (χ2v) is 6.52. The summed E-state index contributed by atoms with van der Waals surface area (Å²) in [4.78, 5) is 24.4. The van der Waals surface area contributed by atoms with Gasteiger partial charge in [-0.25, -0.2) is 9.59 Å². The van der Waals surface area contributed by atoms with Crippen LogP contribution in [0.4, 0.5) is 9.59 Å². The maximum atomic E-state index is 12.5. The maximum absolute atomic E-state index is 12.5. The molecule has 13 nitrogen and oxygen atoms in total. The molecule has 0 spiro atoms. The van der Waals surface area contributed by atoms with Crippen molar-refractivity contribution in [2.24, 2.45) is 7.05 Å². The normalized spacial score (nSPS) is 22.1. The van der Waals surface area contributed by atoms with Crippen LogP contribution in [0.2, 0.25) is 0 Å². The summed E-state index contributed by atoms with van der Waals surface area (Å²) >= 11 is 0. The Hall–Kier alpha value is -2.71.